The molecule has 24 heavy (non-hydrogen) atoms. The van der Waals surface area contributed by atoms with E-state index in [9.17, 15) is 18.4 Å². The van der Waals surface area contributed by atoms with Gasteiger partial charge in [-0.2, -0.15) is 0 Å². The van der Waals surface area contributed by atoms with Crippen molar-refractivity contribution < 1.29 is 23.1 Å². The molecule has 0 bridgehead atoms. The number of ether oxygens (including phenoxy) is 1. The first kappa shape index (κ1) is 17.6. The third-order valence-corrected chi connectivity index (χ3v) is 5.92. The molecule has 3 fully saturated rings. The van der Waals surface area contributed by atoms with Gasteiger partial charge in [0.1, 0.15) is 0 Å². The number of methoxy groups -OCH3 is 1. The van der Waals surface area contributed by atoms with Crippen molar-refractivity contribution in [2.45, 2.75) is 68.9 Å². The van der Waals surface area contributed by atoms with Gasteiger partial charge in [0.05, 0.1) is 6.61 Å². The van der Waals surface area contributed by atoms with Crippen molar-refractivity contribution in [1.29, 1.82) is 0 Å². The van der Waals surface area contributed by atoms with Gasteiger partial charge in [-0.3, -0.25) is 9.59 Å². The Kier molecular flexibility index (Phi) is 4.82. The van der Waals surface area contributed by atoms with Crippen LogP contribution in [-0.2, 0) is 14.3 Å². The highest BCUT2D eigenvalue weighted by Gasteiger charge is 2.50. The van der Waals surface area contributed by atoms with Gasteiger partial charge in [0.2, 0.25) is 17.7 Å². The molecule has 3 aliphatic rings. The van der Waals surface area contributed by atoms with Gasteiger partial charge in [0.25, 0.3) is 0 Å². The third kappa shape index (κ3) is 3.41. The number of hydrogen-bond acceptors (Lipinski definition) is 3. The van der Waals surface area contributed by atoms with Crippen LogP contribution in [-0.4, -0.2) is 54.5 Å². The van der Waals surface area contributed by atoms with E-state index in [1.54, 1.807) is 7.11 Å². The van der Waals surface area contributed by atoms with E-state index in [0.29, 0.717) is 19.6 Å². The molecule has 2 amide bonds. The summed E-state index contributed by atoms with van der Waals surface area (Å²) in [5, 5.41) is 2.93. The Morgan fingerprint density at radius 2 is 1.96 bits per heavy atom. The summed E-state index contributed by atoms with van der Waals surface area (Å²) in [6, 6.07) is 0.0392. The van der Waals surface area contributed by atoms with Crippen LogP contribution in [0.2, 0.25) is 0 Å². The zero-order valence-electron chi connectivity index (χ0n) is 14.2. The summed E-state index contributed by atoms with van der Waals surface area (Å²) in [5.41, 5.74) is -0.0969. The number of nitrogens with one attached hydrogen (secondary N) is 1. The third-order valence-electron chi connectivity index (χ3n) is 5.92. The first-order chi connectivity index (χ1) is 11.4. The van der Waals surface area contributed by atoms with Gasteiger partial charge in [0.15, 0.2) is 0 Å². The fourth-order valence-corrected chi connectivity index (χ4v) is 4.40. The Labute approximate surface area is 141 Å². The molecule has 1 saturated heterocycles. The van der Waals surface area contributed by atoms with Crippen LogP contribution >= 0.6 is 0 Å². The topological polar surface area (TPSA) is 58.6 Å². The summed E-state index contributed by atoms with van der Waals surface area (Å²) in [6.07, 6.45) is 4.10. The lowest BCUT2D eigenvalue weighted by molar-refractivity contribution is -0.151. The molecule has 0 unspecified atom stereocenters. The van der Waals surface area contributed by atoms with Crippen molar-refractivity contribution in [2.24, 2.45) is 5.92 Å². The number of amides is 2. The molecule has 1 heterocycles. The predicted molar refractivity (Wildman–Crippen MR) is 83.6 cm³/mol. The van der Waals surface area contributed by atoms with Crippen molar-refractivity contribution in [3.05, 3.63) is 0 Å². The molecule has 1 spiro atoms. The van der Waals surface area contributed by atoms with Crippen LogP contribution < -0.4 is 5.32 Å². The van der Waals surface area contributed by atoms with E-state index >= 15 is 0 Å². The van der Waals surface area contributed by atoms with Gasteiger partial charge >= 0.3 is 0 Å². The van der Waals surface area contributed by atoms with E-state index in [4.69, 9.17) is 4.74 Å². The monoisotopic (exact) mass is 344 g/mol. The van der Waals surface area contributed by atoms with E-state index in [1.807, 2.05) is 4.90 Å². The van der Waals surface area contributed by atoms with Crippen molar-refractivity contribution in [1.82, 2.24) is 10.2 Å². The lowest BCUT2D eigenvalue weighted by Crippen LogP contribution is -2.53. The lowest BCUT2D eigenvalue weighted by atomic mass is 9.76. The smallest absolute Gasteiger partial charge is 0.249 e. The highest BCUT2D eigenvalue weighted by Crippen LogP contribution is 2.44. The van der Waals surface area contributed by atoms with Crippen LogP contribution in [0.15, 0.2) is 0 Å². The van der Waals surface area contributed by atoms with Gasteiger partial charge in [-0.15, -0.1) is 0 Å². The molecule has 0 aromatic rings. The lowest BCUT2D eigenvalue weighted by Gasteiger charge is -2.44. The van der Waals surface area contributed by atoms with E-state index < -0.39 is 11.8 Å². The molecule has 0 aromatic heterocycles. The maximum absolute atomic E-state index is 12.9. The van der Waals surface area contributed by atoms with Crippen molar-refractivity contribution in [3.8, 4) is 0 Å². The maximum Gasteiger partial charge on any atom is 0.249 e. The highest BCUT2D eigenvalue weighted by atomic mass is 19.3. The molecule has 0 aromatic carbocycles. The number of nitrogens with zero attached hydrogens (tertiary/aromatic N) is 1. The molecule has 1 aliphatic heterocycles. The van der Waals surface area contributed by atoms with Gasteiger partial charge in [0, 0.05) is 50.4 Å². The van der Waals surface area contributed by atoms with E-state index in [2.05, 4.69) is 5.32 Å². The molecule has 3 rings (SSSR count). The molecule has 5 nitrogen and oxygen atoms in total. The first-order valence-corrected chi connectivity index (χ1v) is 8.83. The Balaban J connectivity index is 1.50. The van der Waals surface area contributed by atoms with E-state index in [-0.39, 0.29) is 36.2 Å². The molecule has 2 aliphatic carbocycles. The van der Waals surface area contributed by atoms with Gasteiger partial charge in [-0.1, -0.05) is 0 Å². The van der Waals surface area contributed by atoms with Crippen molar-refractivity contribution in [3.63, 3.8) is 0 Å². The van der Waals surface area contributed by atoms with Crippen LogP contribution in [0.4, 0.5) is 8.78 Å². The van der Waals surface area contributed by atoms with Crippen molar-refractivity contribution in [2.75, 3.05) is 20.3 Å². The molecular weight excluding hydrogens is 318 g/mol. The second-order valence-electron chi connectivity index (χ2n) is 7.51. The molecule has 2 saturated carbocycles. The Morgan fingerprint density at radius 3 is 2.54 bits per heavy atom. The zero-order valence-corrected chi connectivity index (χ0v) is 14.2. The molecular formula is C17H26F2N2O3. The SMILES string of the molecule is COCCN1C(=O)CCC12CCC(NC(=O)C1CC(F)(F)C1)CC2. The molecule has 0 radical (unpaired) electrons. The maximum atomic E-state index is 12.9. The molecule has 7 heteroatoms. The summed E-state index contributed by atoms with van der Waals surface area (Å²) in [4.78, 5) is 26.1. The van der Waals surface area contributed by atoms with Crippen LogP contribution in [0.1, 0.15) is 51.4 Å². The number of rotatable bonds is 5. The molecule has 1 N–H and O–H groups in total. The molecule has 136 valence electrons. The zero-order chi connectivity index (χ0) is 17.4. The van der Waals surface area contributed by atoms with E-state index in [1.165, 1.54) is 0 Å². The fraction of sp³-hybridized carbons (Fsp3) is 0.882. The highest BCUT2D eigenvalue weighted by molar-refractivity contribution is 5.80. The summed E-state index contributed by atoms with van der Waals surface area (Å²) in [6.45, 7) is 1.15. The number of alkyl halides is 2. The minimum Gasteiger partial charge on any atom is -0.383 e. The number of halogens is 2. The van der Waals surface area contributed by atoms with Crippen LogP contribution in [0, 0.1) is 5.92 Å². The summed E-state index contributed by atoms with van der Waals surface area (Å²) < 4.78 is 30.9. The number of likely N-dealkylation sites (tertiary alicyclic amines) is 1. The van der Waals surface area contributed by atoms with Gasteiger partial charge in [-0.05, 0) is 32.1 Å². The van der Waals surface area contributed by atoms with Crippen LogP contribution in [0.3, 0.4) is 0 Å². The summed E-state index contributed by atoms with van der Waals surface area (Å²) in [7, 11) is 1.63. The Morgan fingerprint density at radius 1 is 1.29 bits per heavy atom. The Bertz CT molecular complexity index is 496. The van der Waals surface area contributed by atoms with Crippen molar-refractivity contribution >= 4 is 11.8 Å². The standard InChI is InChI=1S/C17H26F2N2O3/c1-24-9-8-21-14(22)4-7-16(21)5-2-13(3-6-16)20-15(23)12-10-17(18,19)11-12/h12-13H,2-11H2,1H3,(H,20,23). The van der Waals surface area contributed by atoms with Gasteiger partial charge < -0.3 is 15.0 Å². The first-order valence-electron chi connectivity index (χ1n) is 8.83. The summed E-state index contributed by atoms with van der Waals surface area (Å²) in [5.74, 6) is -3.25. The quantitative estimate of drug-likeness (QED) is 0.831. The van der Waals surface area contributed by atoms with Crippen LogP contribution in [0.5, 0.6) is 0 Å². The number of hydrogen-bond donors (Lipinski definition) is 1. The molecule has 0 atom stereocenters. The van der Waals surface area contributed by atoms with E-state index in [0.717, 1.165) is 32.1 Å². The Hall–Kier alpha value is -1.24. The fourth-order valence-electron chi connectivity index (χ4n) is 4.40. The normalized spacial score (nSPS) is 26.6. The number of carbonyl (C=O) groups is 2. The number of carbonyl (C=O) groups excluding carboxylic acids is 2. The van der Waals surface area contributed by atoms with Gasteiger partial charge in [-0.25, -0.2) is 8.78 Å². The minimum atomic E-state index is -2.66. The predicted octanol–water partition coefficient (Wildman–Crippen LogP) is 2.10. The average Bonchev–Trinajstić information content (AvgIpc) is 2.81. The second kappa shape index (κ2) is 6.58. The van der Waals surface area contributed by atoms with Crippen LogP contribution in [0.25, 0.3) is 0 Å². The minimum absolute atomic E-state index is 0.0392. The average molecular weight is 344 g/mol. The largest absolute Gasteiger partial charge is 0.383 e. The summed E-state index contributed by atoms with van der Waals surface area (Å²) >= 11 is 0. The second-order valence-corrected chi connectivity index (χ2v) is 7.51.